The molecule has 1 amide bonds. The van der Waals surface area contributed by atoms with E-state index < -0.39 is 0 Å². The van der Waals surface area contributed by atoms with Gasteiger partial charge in [0.25, 0.3) is 5.91 Å². The molecule has 3 aromatic rings. The van der Waals surface area contributed by atoms with Crippen LogP contribution in [0.5, 0.6) is 0 Å². The number of hydrogen-bond acceptors (Lipinski definition) is 3. The number of aromatic amines is 1. The third kappa shape index (κ3) is 3.07. The van der Waals surface area contributed by atoms with E-state index in [0.29, 0.717) is 11.4 Å². The Bertz CT molecular complexity index is 924. The van der Waals surface area contributed by atoms with Gasteiger partial charge in [0.1, 0.15) is 5.69 Å². The van der Waals surface area contributed by atoms with Crippen LogP contribution in [-0.2, 0) is 19.9 Å². The number of aromatic nitrogens is 4. The van der Waals surface area contributed by atoms with Gasteiger partial charge in [-0.25, -0.2) is 0 Å². The van der Waals surface area contributed by atoms with Gasteiger partial charge in [0.05, 0.1) is 17.9 Å². The molecule has 1 aliphatic rings. The number of aryl methyl sites for hydroxylation is 3. The van der Waals surface area contributed by atoms with Gasteiger partial charge in [-0.15, -0.1) is 0 Å². The second kappa shape index (κ2) is 6.20. The molecular weight excluding hydrogens is 314 g/mol. The summed E-state index contributed by atoms with van der Waals surface area (Å²) in [6.07, 6.45) is 7.13. The average Bonchev–Trinajstić information content (AvgIpc) is 3.33. The predicted molar refractivity (Wildman–Crippen MR) is 95.1 cm³/mol. The Morgan fingerprint density at radius 1 is 1.28 bits per heavy atom. The molecule has 6 heteroatoms. The largest absolute Gasteiger partial charge is 0.344 e. The Morgan fingerprint density at radius 2 is 2.12 bits per heavy atom. The van der Waals surface area contributed by atoms with Crippen molar-refractivity contribution in [2.24, 2.45) is 7.05 Å². The lowest BCUT2D eigenvalue weighted by atomic mass is 10.0. The lowest BCUT2D eigenvalue weighted by Gasteiger charge is -2.15. The molecule has 2 heterocycles. The van der Waals surface area contributed by atoms with Crippen molar-refractivity contribution in [1.29, 1.82) is 0 Å². The van der Waals surface area contributed by atoms with Crippen LogP contribution in [-0.4, -0.2) is 25.9 Å². The first-order valence-electron chi connectivity index (χ1n) is 8.57. The third-order valence-electron chi connectivity index (χ3n) is 4.79. The zero-order valence-electron chi connectivity index (χ0n) is 14.4. The molecule has 0 bridgehead atoms. The zero-order chi connectivity index (χ0) is 17.4. The zero-order valence-corrected chi connectivity index (χ0v) is 14.4. The van der Waals surface area contributed by atoms with Gasteiger partial charge in [0, 0.05) is 18.8 Å². The molecule has 4 rings (SSSR count). The van der Waals surface area contributed by atoms with E-state index >= 15 is 0 Å². The van der Waals surface area contributed by atoms with Crippen LogP contribution in [0.25, 0.3) is 11.3 Å². The van der Waals surface area contributed by atoms with E-state index in [2.05, 4.69) is 38.8 Å². The Hall–Kier alpha value is -2.89. The maximum atomic E-state index is 12.5. The molecule has 0 saturated carbocycles. The number of amides is 1. The van der Waals surface area contributed by atoms with E-state index in [9.17, 15) is 4.79 Å². The number of carbonyl (C=O) groups is 1. The molecule has 25 heavy (non-hydrogen) atoms. The van der Waals surface area contributed by atoms with Gasteiger partial charge in [-0.3, -0.25) is 14.6 Å². The smallest absolute Gasteiger partial charge is 0.269 e. The SMILES string of the molecule is C[C@@H](NC(=O)c1cc(-c2cnn(C)c2)n[nH]1)c1ccc2c(c1)CCC2. The first-order chi connectivity index (χ1) is 12.1. The summed E-state index contributed by atoms with van der Waals surface area (Å²) in [7, 11) is 1.85. The molecule has 1 atom stereocenters. The summed E-state index contributed by atoms with van der Waals surface area (Å²) >= 11 is 0. The number of benzene rings is 1. The molecule has 0 spiro atoms. The van der Waals surface area contributed by atoms with Gasteiger partial charge in [-0.05, 0) is 48.9 Å². The highest BCUT2D eigenvalue weighted by Crippen LogP contribution is 2.25. The Balaban J connectivity index is 1.47. The fourth-order valence-corrected chi connectivity index (χ4v) is 3.36. The van der Waals surface area contributed by atoms with Crippen LogP contribution in [0.4, 0.5) is 0 Å². The number of rotatable bonds is 4. The quantitative estimate of drug-likeness (QED) is 0.770. The summed E-state index contributed by atoms with van der Waals surface area (Å²) in [6, 6.07) is 8.23. The summed E-state index contributed by atoms with van der Waals surface area (Å²) in [6.45, 7) is 2.01. The van der Waals surface area contributed by atoms with Crippen molar-refractivity contribution in [3.63, 3.8) is 0 Å². The fourth-order valence-electron chi connectivity index (χ4n) is 3.36. The number of H-pyrrole nitrogens is 1. The summed E-state index contributed by atoms with van der Waals surface area (Å²) in [5, 5.41) is 14.2. The molecule has 1 aromatic carbocycles. The maximum Gasteiger partial charge on any atom is 0.269 e. The van der Waals surface area contributed by atoms with E-state index in [1.165, 1.54) is 24.0 Å². The van der Waals surface area contributed by atoms with Gasteiger partial charge in [0.15, 0.2) is 0 Å². The van der Waals surface area contributed by atoms with Gasteiger partial charge >= 0.3 is 0 Å². The average molecular weight is 335 g/mol. The lowest BCUT2D eigenvalue weighted by molar-refractivity contribution is 0.0935. The first kappa shape index (κ1) is 15.6. The van der Waals surface area contributed by atoms with E-state index in [0.717, 1.165) is 17.5 Å². The van der Waals surface area contributed by atoms with Gasteiger partial charge in [-0.2, -0.15) is 10.2 Å². The molecule has 6 nitrogen and oxygen atoms in total. The van der Waals surface area contributed by atoms with Crippen LogP contribution < -0.4 is 5.32 Å². The lowest BCUT2D eigenvalue weighted by Crippen LogP contribution is -2.27. The van der Waals surface area contributed by atoms with Crippen LogP contribution in [0, 0.1) is 0 Å². The van der Waals surface area contributed by atoms with Crippen molar-refractivity contribution in [2.45, 2.75) is 32.2 Å². The molecule has 2 aromatic heterocycles. The van der Waals surface area contributed by atoms with Crippen LogP contribution in [0.1, 0.15) is 46.6 Å². The number of nitrogens with one attached hydrogen (secondary N) is 2. The molecular formula is C19H21N5O. The van der Waals surface area contributed by atoms with Crippen LogP contribution >= 0.6 is 0 Å². The standard InChI is InChI=1S/C19H21N5O/c1-12(14-7-6-13-4-3-5-15(13)8-14)21-19(25)18-9-17(22-23-18)16-10-20-24(2)11-16/h6-12H,3-5H2,1-2H3,(H,21,25)(H,22,23)/t12-/m1/s1. The van der Waals surface area contributed by atoms with Crippen molar-refractivity contribution in [3.05, 3.63) is 59.0 Å². The summed E-state index contributed by atoms with van der Waals surface area (Å²) in [5.41, 5.74) is 6.04. The second-order valence-electron chi connectivity index (χ2n) is 6.65. The molecule has 0 unspecified atom stereocenters. The third-order valence-corrected chi connectivity index (χ3v) is 4.79. The van der Waals surface area contributed by atoms with Crippen molar-refractivity contribution in [3.8, 4) is 11.3 Å². The minimum absolute atomic E-state index is 0.0523. The molecule has 0 radical (unpaired) electrons. The minimum atomic E-state index is -0.157. The summed E-state index contributed by atoms with van der Waals surface area (Å²) in [4.78, 5) is 12.5. The predicted octanol–water partition coefficient (Wildman–Crippen LogP) is 2.79. The summed E-state index contributed by atoms with van der Waals surface area (Å²) < 4.78 is 1.71. The second-order valence-corrected chi connectivity index (χ2v) is 6.65. The van der Waals surface area contributed by atoms with Gasteiger partial charge < -0.3 is 5.32 Å². The highest BCUT2D eigenvalue weighted by atomic mass is 16.2. The van der Waals surface area contributed by atoms with Gasteiger partial charge in [0.2, 0.25) is 0 Å². The number of nitrogens with zero attached hydrogens (tertiary/aromatic N) is 3. The van der Waals surface area contributed by atoms with Crippen molar-refractivity contribution in [2.75, 3.05) is 0 Å². The van der Waals surface area contributed by atoms with Crippen molar-refractivity contribution in [1.82, 2.24) is 25.3 Å². The van der Waals surface area contributed by atoms with Gasteiger partial charge in [-0.1, -0.05) is 18.2 Å². The molecule has 128 valence electrons. The molecule has 2 N–H and O–H groups in total. The van der Waals surface area contributed by atoms with Crippen LogP contribution in [0.3, 0.4) is 0 Å². The fraction of sp³-hybridized carbons (Fsp3) is 0.316. The molecule has 0 saturated heterocycles. The highest BCUT2D eigenvalue weighted by Gasteiger charge is 2.17. The number of carbonyl (C=O) groups excluding carboxylic acids is 1. The highest BCUT2D eigenvalue weighted by molar-refractivity contribution is 5.93. The maximum absolute atomic E-state index is 12.5. The topological polar surface area (TPSA) is 75.6 Å². The normalized spacial score (nSPS) is 14.3. The monoisotopic (exact) mass is 335 g/mol. The minimum Gasteiger partial charge on any atom is -0.344 e. The Morgan fingerprint density at radius 3 is 2.92 bits per heavy atom. The molecule has 1 aliphatic carbocycles. The van der Waals surface area contributed by atoms with Crippen molar-refractivity contribution < 1.29 is 4.79 Å². The number of fused-ring (bicyclic) bond motifs is 1. The van der Waals surface area contributed by atoms with Crippen molar-refractivity contribution >= 4 is 5.91 Å². The Kier molecular flexibility index (Phi) is 3.87. The first-order valence-corrected chi connectivity index (χ1v) is 8.57. The van der Waals surface area contributed by atoms with E-state index in [-0.39, 0.29) is 11.9 Å². The van der Waals surface area contributed by atoms with E-state index in [1.54, 1.807) is 16.9 Å². The van der Waals surface area contributed by atoms with E-state index in [1.807, 2.05) is 20.2 Å². The number of hydrogen-bond donors (Lipinski definition) is 2. The molecule has 0 fully saturated rings. The van der Waals surface area contributed by atoms with E-state index in [4.69, 9.17) is 0 Å². The molecule has 0 aliphatic heterocycles. The Labute approximate surface area is 146 Å². The summed E-state index contributed by atoms with van der Waals surface area (Å²) in [5.74, 6) is -0.157. The van der Waals surface area contributed by atoms with Crippen LogP contribution in [0.15, 0.2) is 36.7 Å². The van der Waals surface area contributed by atoms with Crippen LogP contribution in [0.2, 0.25) is 0 Å².